The quantitative estimate of drug-likeness (QED) is 0.801. The van der Waals surface area contributed by atoms with Crippen LogP contribution in [0.1, 0.15) is 17.2 Å². The molecule has 0 amide bonds. The molecule has 4 heteroatoms. The van der Waals surface area contributed by atoms with Crippen molar-refractivity contribution in [1.82, 2.24) is 5.32 Å². The molecule has 0 spiro atoms. The molecule has 0 saturated heterocycles. The van der Waals surface area contributed by atoms with Crippen molar-refractivity contribution in [3.63, 3.8) is 0 Å². The smallest absolute Gasteiger partial charge is 0.189 e. The van der Waals surface area contributed by atoms with Crippen LogP contribution >= 0.6 is 15.9 Å². The molecular weight excluding hydrogens is 242 g/mol. The summed E-state index contributed by atoms with van der Waals surface area (Å²) in [6, 6.07) is 6.54. The molecule has 0 aromatic heterocycles. The van der Waals surface area contributed by atoms with Crippen molar-refractivity contribution in [3.8, 4) is 0 Å². The zero-order valence-corrected chi connectivity index (χ0v) is 9.51. The highest BCUT2D eigenvalue weighted by molar-refractivity contribution is 9.10. The van der Waals surface area contributed by atoms with Crippen molar-refractivity contribution in [2.24, 2.45) is 10.7 Å². The van der Waals surface area contributed by atoms with Crippen LogP contribution in [0.25, 0.3) is 0 Å². The van der Waals surface area contributed by atoms with Gasteiger partial charge in [0.05, 0.1) is 12.6 Å². The third kappa shape index (κ3) is 1.75. The summed E-state index contributed by atoms with van der Waals surface area (Å²) in [5, 5.41) is 3.12. The van der Waals surface area contributed by atoms with Crippen molar-refractivity contribution in [2.45, 2.75) is 13.0 Å². The number of hydrogen-bond acceptors (Lipinski definition) is 3. The first kappa shape index (κ1) is 9.52. The molecule has 0 bridgehead atoms. The number of rotatable bonds is 1. The number of nitrogens with two attached hydrogens (primary N) is 1. The first-order chi connectivity index (χ1) is 6.66. The fourth-order valence-corrected chi connectivity index (χ4v) is 1.87. The van der Waals surface area contributed by atoms with Crippen LogP contribution in [-0.2, 0) is 0 Å². The number of aryl methyl sites for hydroxylation is 1. The van der Waals surface area contributed by atoms with E-state index in [-0.39, 0.29) is 6.04 Å². The highest BCUT2D eigenvalue weighted by Gasteiger charge is 2.17. The van der Waals surface area contributed by atoms with Gasteiger partial charge in [-0.1, -0.05) is 28.1 Å². The summed E-state index contributed by atoms with van der Waals surface area (Å²) < 4.78 is 1.13. The number of hydrogen-bond donors (Lipinski definition) is 2. The molecule has 14 heavy (non-hydrogen) atoms. The zero-order chi connectivity index (χ0) is 10.1. The number of benzene rings is 1. The average molecular weight is 254 g/mol. The lowest BCUT2D eigenvalue weighted by Gasteiger charge is -2.11. The van der Waals surface area contributed by atoms with Gasteiger partial charge in [-0.3, -0.25) is 4.99 Å². The van der Waals surface area contributed by atoms with Gasteiger partial charge < -0.3 is 11.1 Å². The summed E-state index contributed by atoms with van der Waals surface area (Å²) >= 11 is 3.51. The number of nitrogens with zero attached hydrogens (tertiary/aromatic N) is 1. The van der Waals surface area contributed by atoms with Gasteiger partial charge >= 0.3 is 0 Å². The molecule has 74 valence electrons. The van der Waals surface area contributed by atoms with Gasteiger partial charge in [-0.25, -0.2) is 0 Å². The highest BCUT2D eigenvalue weighted by Crippen LogP contribution is 2.23. The monoisotopic (exact) mass is 253 g/mol. The second-order valence-electron chi connectivity index (χ2n) is 3.43. The normalized spacial score (nSPS) is 20.4. The largest absolute Gasteiger partial charge is 0.370 e. The summed E-state index contributed by atoms with van der Waals surface area (Å²) in [5.74, 6) is 0.534. The van der Waals surface area contributed by atoms with Crippen molar-refractivity contribution in [3.05, 3.63) is 33.8 Å². The van der Waals surface area contributed by atoms with Crippen LogP contribution in [0.15, 0.2) is 27.7 Å². The Labute approximate surface area is 91.5 Å². The topological polar surface area (TPSA) is 50.4 Å². The molecule has 0 saturated carbocycles. The summed E-state index contributed by atoms with van der Waals surface area (Å²) in [6.45, 7) is 2.79. The van der Waals surface area contributed by atoms with E-state index in [0.717, 1.165) is 11.0 Å². The fraction of sp³-hybridized carbons (Fsp3) is 0.300. The van der Waals surface area contributed by atoms with E-state index in [2.05, 4.69) is 51.4 Å². The number of aliphatic imine (C=N–C) groups is 1. The Bertz CT molecular complexity index is 387. The minimum absolute atomic E-state index is 0.229. The molecule has 1 aromatic carbocycles. The molecule has 1 atom stereocenters. The minimum atomic E-state index is 0.229. The van der Waals surface area contributed by atoms with E-state index in [1.807, 2.05) is 0 Å². The Morgan fingerprint density at radius 3 is 2.93 bits per heavy atom. The van der Waals surface area contributed by atoms with E-state index in [1.165, 1.54) is 11.1 Å². The van der Waals surface area contributed by atoms with Gasteiger partial charge in [-0.2, -0.15) is 0 Å². The second kappa shape index (κ2) is 3.61. The van der Waals surface area contributed by atoms with Crippen LogP contribution in [0.2, 0.25) is 0 Å². The van der Waals surface area contributed by atoms with Gasteiger partial charge in [-0.05, 0) is 24.1 Å². The van der Waals surface area contributed by atoms with Gasteiger partial charge in [0.15, 0.2) is 5.96 Å². The lowest BCUT2D eigenvalue weighted by atomic mass is 10.1. The van der Waals surface area contributed by atoms with Crippen molar-refractivity contribution in [1.29, 1.82) is 0 Å². The Morgan fingerprint density at radius 2 is 2.36 bits per heavy atom. The molecule has 0 aliphatic carbocycles. The molecule has 1 aliphatic heterocycles. The predicted molar refractivity (Wildman–Crippen MR) is 61.2 cm³/mol. The van der Waals surface area contributed by atoms with E-state index >= 15 is 0 Å². The molecular formula is C10H12BrN3. The van der Waals surface area contributed by atoms with Crippen molar-refractivity contribution in [2.75, 3.05) is 6.54 Å². The van der Waals surface area contributed by atoms with Gasteiger partial charge in [0.25, 0.3) is 0 Å². The minimum Gasteiger partial charge on any atom is -0.370 e. The SMILES string of the molecule is Cc1ccc(C2CN=C(N)N2)cc1Br. The summed E-state index contributed by atoms with van der Waals surface area (Å²) in [7, 11) is 0. The molecule has 0 fully saturated rings. The van der Waals surface area contributed by atoms with E-state index in [4.69, 9.17) is 5.73 Å². The first-order valence-corrected chi connectivity index (χ1v) is 5.28. The Hall–Kier alpha value is -1.03. The van der Waals surface area contributed by atoms with E-state index < -0.39 is 0 Å². The van der Waals surface area contributed by atoms with Crippen molar-refractivity contribution >= 4 is 21.9 Å². The number of nitrogens with one attached hydrogen (secondary N) is 1. The lowest BCUT2D eigenvalue weighted by molar-refractivity contribution is 0.707. The average Bonchev–Trinajstić information content (AvgIpc) is 2.57. The van der Waals surface area contributed by atoms with Crippen LogP contribution < -0.4 is 11.1 Å². The van der Waals surface area contributed by atoms with Gasteiger partial charge in [-0.15, -0.1) is 0 Å². The van der Waals surface area contributed by atoms with E-state index in [1.54, 1.807) is 0 Å². The Balaban J connectivity index is 2.22. The number of halogens is 1. The standard InChI is InChI=1S/C10H12BrN3/c1-6-2-3-7(4-8(6)11)9-5-13-10(12)14-9/h2-4,9H,5H2,1H3,(H3,12,13,14). The van der Waals surface area contributed by atoms with Gasteiger partial charge in [0, 0.05) is 4.47 Å². The molecule has 1 aromatic rings. The van der Waals surface area contributed by atoms with Crippen LogP contribution in [0.3, 0.4) is 0 Å². The van der Waals surface area contributed by atoms with Crippen LogP contribution in [-0.4, -0.2) is 12.5 Å². The van der Waals surface area contributed by atoms with Gasteiger partial charge in [0.1, 0.15) is 0 Å². The summed E-state index contributed by atoms with van der Waals surface area (Å²) in [5.41, 5.74) is 8.01. The maximum absolute atomic E-state index is 5.56. The third-order valence-electron chi connectivity index (χ3n) is 2.36. The maximum Gasteiger partial charge on any atom is 0.189 e. The van der Waals surface area contributed by atoms with Crippen LogP contribution in [0.5, 0.6) is 0 Å². The molecule has 1 aliphatic rings. The fourth-order valence-electron chi connectivity index (χ4n) is 1.47. The Morgan fingerprint density at radius 1 is 1.57 bits per heavy atom. The van der Waals surface area contributed by atoms with Crippen molar-refractivity contribution < 1.29 is 0 Å². The van der Waals surface area contributed by atoms with E-state index in [0.29, 0.717) is 5.96 Å². The highest BCUT2D eigenvalue weighted by atomic mass is 79.9. The summed E-state index contributed by atoms with van der Waals surface area (Å²) in [6.07, 6.45) is 0. The van der Waals surface area contributed by atoms with Crippen LogP contribution in [0, 0.1) is 6.92 Å². The predicted octanol–water partition coefficient (Wildman–Crippen LogP) is 1.72. The molecule has 0 radical (unpaired) electrons. The summed E-state index contributed by atoms with van der Waals surface area (Å²) in [4.78, 5) is 4.11. The second-order valence-corrected chi connectivity index (χ2v) is 4.29. The zero-order valence-electron chi connectivity index (χ0n) is 7.92. The maximum atomic E-state index is 5.56. The van der Waals surface area contributed by atoms with Gasteiger partial charge in [0.2, 0.25) is 0 Å². The molecule has 3 nitrogen and oxygen atoms in total. The number of guanidine groups is 1. The van der Waals surface area contributed by atoms with E-state index in [9.17, 15) is 0 Å². The molecule has 2 rings (SSSR count). The van der Waals surface area contributed by atoms with Crippen LogP contribution in [0.4, 0.5) is 0 Å². The first-order valence-electron chi connectivity index (χ1n) is 4.49. The lowest BCUT2D eigenvalue weighted by Crippen LogP contribution is -2.29. The molecule has 1 heterocycles. The Kier molecular flexibility index (Phi) is 2.46. The molecule has 1 unspecified atom stereocenters. The molecule has 3 N–H and O–H groups in total. The third-order valence-corrected chi connectivity index (χ3v) is 3.22.